The van der Waals surface area contributed by atoms with Gasteiger partial charge >= 0.3 is 0 Å². The molecule has 0 aromatic carbocycles. The van der Waals surface area contributed by atoms with Crippen molar-refractivity contribution in [3.8, 4) is 0 Å². The number of nitrogens with zero attached hydrogens (tertiary/aromatic N) is 1. The van der Waals surface area contributed by atoms with Crippen molar-refractivity contribution in [3.63, 3.8) is 0 Å². The van der Waals surface area contributed by atoms with E-state index in [0.29, 0.717) is 5.41 Å². The second-order valence-electron chi connectivity index (χ2n) is 14.6. The first-order valence-electron chi connectivity index (χ1n) is 20.1. The van der Waals surface area contributed by atoms with Crippen molar-refractivity contribution in [1.29, 1.82) is 0 Å². The van der Waals surface area contributed by atoms with E-state index >= 15 is 0 Å². The van der Waals surface area contributed by atoms with Crippen molar-refractivity contribution in [3.05, 3.63) is 12.0 Å². The van der Waals surface area contributed by atoms with Crippen LogP contribution in [0, 0.1) is 0 Å². The summed E-state index contributed by atoms with van der Waals surface area (Å²) in [7, 11) is 0.789. The van der Waals surface area contributed by atoms with E-state index in [4.69, 9.17) is 0 Å². The first kappa shape index (κ1) is 46.7. The molecule has 0 atom stereocenters. The summed E-state index contributed by atoms with van der Waals surface area (Å²) in [4.78, 5) is 0. The van der Waals surface area contributed by atoms with E-state index in [1.165, 1.54) is 223 Å². The van der Waals surface area contributed by atoms with E-state index in [-0.39, 0.29) is 0 Å². The van der Waals surface area contributed by atoms with Crippen LogP contribution in [0.25, 0.3) is 0 Å². The quantitative estimate of drug-likeness (QED) is 0.0387. The first-order valence-corrected chi connectivity index (χ1v) is 21.6. The summed E-state index contributed by atoms with van der Waals surface area (Å²) in [5.41, 5.74) is 0. The maximum Gasteiger partial charge on any atom is 0.116 e. The normalized spacial score (nSPS) is 11.8. The number of unbranched alkanes of at least 4 members (excludes halogenated alkanes) is 30. The molecule has 0 saturated heterocycles. The molecule has 0 fully saturated rings. The van der Waals surface area contributed by atoms with E-state index in [9.17, 15) is 13.0 Å². The monoisotopic (exact) mass is 658 g/mol. The van der Waals surface area contributed by atoms with Gasteiger partial charge in [-0.2, -0.15) is 0 Å². The zero-order valence-corrected chi connectivity index (χ0v) is 32.2. The third-order valence-corrected chi connectivity index (χ3v) is 9.85. The molecular formula is C40H83NO3S. The Labute approximate surface area is 285 Å². The molecule has 0 radical (unpaired) electrons. The number of hydrogen-bond donors (Lipinski definition) is 0. The van der Waals surface area contributed by atoms with Crippen LogP contribution < -0.4 is 0 Å². The van der Waals surface area contributed by atoms with Crippen LogP contribution in [0.1, 0.15) is 219 Å². The molecule has 4 nitrogen and oxygen atoms in total. The molecule has 5 heteroatoms. The van der Waals surface area contributed by atoms with Crippen LogP contribution in [0.3, 0.4) is 0 Å². The topological polar surface area (TPSA) is 57.2 Å². The summed E-state index contributed by atoms with van der Waals surface area (Å²) in [6, 6.07) is 0. The van der Waals surface area contributed by atoms with E-state index in [2.05, 4.69) is 34.5 Å². The smallest absolute Gasteiger partial charge is 0.116 e. The van der Waals surface area contributed by atoms with Gasteiger partial charge in [-0.05, 0) is 25.7 Å². The summed E-state index contributed by atoms with van der Waals surface area (Å²) in [6.45, 7) is 10.1. The Balaban J connectivity index is 0. The van der Waals surface area contributed by atoms with Crippen LogP contribution in [0.5, 0.6) is 0 Å². The van der Waals surface area contributed by atoms with Crippen molar-refractivity contribution >= 4 is 10.1 Å². The van der Waals surface area contributed by atoms with Gasteiger partial charge in [-0.3, -0.25) is 0 Å². The molecular weight excluding hydrogens is 575 g/mol. The average Bonchev–Trinajstić information content (AvgIpc) is 3.00. The highest BCUT2D eigenvalue weighted by molar-refractivity contribution is 7.88. The Morgan fingerprint density at radius 2 is 0.578 bits per heavy atom. The van der Waals surface area contributed by atoms with Gasteiger partial charge < -0.3 is 9.04 Å². The molecule has 0 aromatic heterocycles. The second-order valence-corrected chi connectivity index (χ2v) is 16.0. The molecule has 0 aliphatic rings. The first-order chi connectivity index (χ1) is 21.7. The van der Waals surface area contributed by atoms with Gasteiger partial charge in [0.05, 0.1) is 27.2 Å². The highest BCUT2D eigenvalue weighted by Crippen LogP contribution is 2.16. The minimum Gasteiger partial charge on any atom is -0.745 e. The van der Waals surface area contributed by atoms with Crippen LogP contribution in [0.15, 0.2) is 12.0 Å². The summed E-state index contributed by atoms with van der Waals surface area (Å²) < 4.78 is 29.2. The van der Waals surface area contributed by atoms with Gasteiger partial charge in [0.25, 0.3) is 0 Å². The molecule has 0 rings (SSSR count). The molecule has 0 bridgehead atoms. The standard InChI is InChI=1S/C38H80N.C2H4O3S/c1-5-7-9-11-13-15-17-19-21-23-25-27-29-31-33-35-37-39(3,4)38-36-34-32-30-28-26-24-22-20-18-16-14-12-10-8-6-2;1-2-6(3,4)5/h5-38H2,1-4H3;2H,1H2,(H,3,4,5)/q+1;/p-1. The molecule has 0 saturated carbocycles. The number of rotatable bonds is 35. The van der Waals surface area contributed by atoms with Crippen LogP contribution in [-0.4, -0.2) is 44.6 Å². The largest absolute Gasteiger partial charge is 0.745 e. The zero-order valence-electron chi connectivity index (χ0n) is 31.4. The molecule has 0 aliphatic carbocycles. The van der Waals surface area contributed by atoms with Gasteiger partial charge in [0.2, 0.25) is 0 Å². The number of quaternary nitrogens is 1. The van der Waals surface area contributed by atoms with E-state index in [1.54, 1.807) is 0 Å². The summed E-state index contributed by atoms with van der Waals surface area (Å²) >= 11 is 0. The van der Waals surface area contributed by atoms with E-state index in [1.807, 2.05) is 0 Å². The van der Waals surface area contributed by atoms with Gasteiger partial charge in [0.15, 0.2) is 0 Å². The van der Waals surface area contributed by atoms with E-state index < -0.39 is 10.1 Å². The Hall–Kier alpha value is -0.390. The third-order valence-electron chi connectivity index (χ3n) is 9.44. The Morgan fingerprint density at radius 3 is 0.733 bits per heavy atom. The molecule has 0 N–H and O–H groups in total. The van der Waals surface area contributed by atoms with Crippen molar-refractivity contribution in [2.45, 2.75) is 219 Å². The van der Waals surface area contributed by atoms with Crippen LogP contribution in [0.4, 0.5) is 0 Å². The highest BCUT2D eigenvalue weighted by Gasteiger charge is 2.13. The lowest BCUT2D eigenvalue weighted by Crippen LogP contribution is -2.41. The van der Waals surface area contributed by atoms with Crippen molar-refractivity contribution in [1.82, 2.24) is 0 Å². The van der Waals surface area contributed by atoms with Crippen molar-refractivity contribution < 1.29 is 17.5 Å². The fourth-order valence-electron chi connectivity index (χ4n) is 6.29. The van der Waals surface area contributed by atoms with Gasteiger partial charge in [0, 0.05) is 5.41 Å². The summed E-state index contributed by atoms with van der Waals surface area (Å²) in [5.74, 6) is 0. The lowest BCUT2D eigenvalue weighted by atomic mass is 10.0. The minimum atomic E-state index is -4.15. The lowest BCUT2D eigenvalue weighted by Gasteiger charge is -2.30. The van der Waals surface area contributed by atoms with Gasteiger partial charge in [-0.25, -0.2) is 8.42 Å². The number of hydrogen-bond acceptors (Lipinski definition) is 3. The van der Waals surface area contributed by atoms with Crippen molar-refractivity contribution in [2.75, 3.05) is 27.2 Å². The second kappa shape index (κ2) is 36.4. The average molecular weight is 658 g/mol. The predicted octanol–water partition coefficient (Wildman–Crippen LogP) is 13.3. The molecule has 0 spiro atoms. The maximum atomic E-state index is 9.33. The van der Waals surface area contributed by atoms with Crippen LogP contribution >= 0.6 is 0 Å². The third kappa shape index (κ3) is 45.8. The van der Waals surface area contributed by atoms with Crippen LogP contribution in [0.2, 0.25) is 0 Å². The summed E-state index contributed by atoms with van der Waals surface area (Å²) in [5, 5.41) is 0.354. The fourth-order valence-corrected chi connectivity index (χ4v) is 6.29. The highest BCUT2D eigenvalue weighted by atomic mass is 32.2. The molecule has 272 valence electrons. The molecule has 0 heterocycles. The van der Waals surface area contributed by atoms with E-state index in [0.717, 1.165) is 0 Å². The van der Waals surface area contributed by atoms with Gasteiger partial charge in [-0.1, -0.05) is 200 Å². The Kier molecular flexibility index (Phi) is 37.8. The SMILES string of the molecule is C=CS(=O)(=O)[O-].CCCCCCCCCCCCCCCCCC[N+](C)(C)CCCCCCCCCCCCCCCCCC. The lowest BCUT2D eigenvalue weighted by molar-refractivity contribution is -0.890. The van der Waals surface area contributed by atoms with Gasteiger partial charge in [-0.15, -0.1) is 0 Å². The Morgan fingerprint density at radius 1 is 0.422 bits per heavy atom. The summed E-state index contributed by atoms with van der Waals surface area (Å²) in [6.07, 6.45) is 46.9. The molecule has 0 unspecified atom stereocenters. The molecule has 45 heavy (non-hydrogen) atoms. The molecule has 0 aromatic rings. The van der Waals surface area contributed by atoms with Crippen LogP contribution in [-0.2, 0) is 10.1 Å². The molecule has 0 aliphatic heterocycles. The predicted molar refractivity (Wildman–Crippen MR) is 201 cm³/mol. The molecule has 0 amide bonds. The Bertz CT molecular complexity index is 627. The maximum absolute atomic E-state index is 9.33. The van der Waals surface area contributed by atoms with Gasteiger partial charge in [0.1, 0.15) is 10.1 Å². The zero-order chi connectivity index (χ0) is 33.7. The van der Waals surface area contributed by atoms with Crippen molar-refractivity contribution in [2.24, 2.45) is 0 Å². The minimum absolute atomic E-state index is 0.354. The fraction of sp³-hybridized carbons (Fsp3) is 0.950.